The molecule has 0 radical (unpaired) electrons. The lowest BCUT2D eigenvalue weighted by Crippen LogP contribution is -2.19. The molecule has 2 aromatic rings. The third-order valence-corrected chi connectivity index (χ3v) is 7.12. The van der Waals surface area contributed by atoms with Gasteiger partial charge in [-0.3, -0.25) is 0 Å². The summed E-state index contributed by atoms with van der Waals surface area (Å²) in [4.78, 5) is 0. The molecule has 0 amide bonds. The SMILES string of the molecule is O=S1(=O)C[C@H](Sc2nnc(Nc3ccccc3)s2)[C@@H](O)C1. The van der Waals surface area contributed by atoms with E-state index in [0.29, 0.717) is 9.47 Å². The van der Waals surface area contributed by atoms with Gasteiger partial charge in [0.2, 0.25) is 5.13 Å². The van der Waals surface area contributed by atoms with E-state index in [1.807, 2.05) is 30.3 Å². The van der Waals surface area contributed by atoms with Crippen LogP contribution in [0.5, 0.6) is 0 Å². The Morgan fingerprint density at radius 2 is 2.00 bits per heavy atom. The fraction of sp³-hybridized carbons (Fsp3) is 0.333. The van der Waals surface area contributed by atoms with Gasteiger partial charge in [0.15, 0.2) is 14.2 Å². The molecule has 1 fully saturated rings. The largest absolute Gasteiger partial charge is 0.391 e. The number of benzene rings is 1. The van der Waals surface area contributed by atoms with Gasteiger partial charge in [-0.15, -0.1) is 10.2 Å². The van der Waals surface area contributed by atoms with E-state index in [0.717, 1.165) is 5.69 Å². The molecule has 2 N–H and O–H groups in total. The third kappa shape index (κ3) is 3.73. The summed E-state index contributed by atoms with van der Waals surface area (Å²) in [5, 5.41) is 21.2. The van der Waals surface area contributed by atoms with Gasteiger partial charge in [-0.05, 0) is 12.1 Å². The molecule has 1 aromatic heterocycles. The summed E-state index contributed by atoms with van der Waals surface area (Å²) in [5.41, 5.74) is 0.911. The van der Waals surface area contributed by atoms with Crippen molar-refractivity contribution in [1.29, 1.82) is 0 Å². The Labute approximate surface area is 130 Å². The molecule has 112 valence electrons. The van der Waals surface area contributed by atoms with Gasteiger partial charge in [0.05, 0.1) is 22.9 Å². The molecule has 2 atom stereocenters. The minimum atomic E-state index is -3.14. The zero-order valence-corrected chi connectivity index (χ0v) is 13.3. The molecule has 0 saturated carbocycles. The van der Waals surface area contributed by atoms with E-state index < -0.39 is 15.9 Å². The number of anilines is 2. The van der Waals surface area contributed by atoms with E-state index in [-0.39, 0.29) is 16.8 Å². The molecular weight excluding hydrogens is 330 g/mol. The first-order valence-electron chi connectivity index (χ1n) is 6.22. The van der Waals surface area contributed by atoms with E-state index in [4.69, 9.17) is 0 Å². The van der Waals surface area contributed by atoms with Crippen molar-refractivity contribution in [3.63, 3.8) is 0 Å². The quantitative estimate of drug-likeness (QED) is 0.870. The molecule has 0 unspecified atom stereocenters. The fourth-order valence-corrected chi connectivity index (χ4v) is 6.52. The van der Waals surface area contributed by atoms with Crippen molar-refractivity contribution in [3.8, 4) is 0 Å². The summed E-state index contributed by atoms with van der Waals surface area (Å²) in [6.07, 6.45) is -0.838. The van der Waals surface area contributed by atoms with Gasteiger partial charge >= 0.3 is 0 Å². The van der Waals surface area contributed by atoms with Crippen LogP contribution in [0.1, 0.15) is 0 Å². The average molecular weight is 343 g/mol. The number of nitrogens with zero attached hydrogens (tertiary/aromatic N) is 2. The number of rotatable bonds is 4. The highest BCUT2D eigenvalue weighted by atomic mass is 32.2. The van der Waals surface area contributed by atoms with Crippen molar-refractivity contribution >= 4 is 43.8 Å². The van der Waals surface area contributed by atoms with Gasteiger partial charge in [0.1, 0.15) is 0 Å². The van der Waals surface area contributed by atoms with E-state index in [2.05, 4.69) is 15.5 Å². The van der Waals surface area contributed by atoms with Crippen LogP contribution in [0.15, 0.2) is 34.7 Å². The maximum atomic E-state index is 11.5. The maximum absolute atomic E-state index is 11.5. The minimum Gasteiger partial charge on any atom is -0.391 e. The van der Waals surface area contributed by atoms with Crippen molar-refractivity contribution in [3.05, 3.63) is 30.3 Å². The van der Waals surface area contributed by atoms with Gasteiger partial charge in [-0.25, -0.2) is 8.42 Å². The van der Waals surface area contributed by atoms with E-state index in [1.54, 1.807) is 0 Å². The minimum absolute atomic E-state index is 0.0140. The van der Waals surface area contributed by atoms with E-state index in [9.17, 15) is 13.5 Å². The first kappa shape index (κ1) is 14.8. The number of aliphatic hydroxyl groups is 1. The van der Waals surface area contributed by atoms with Gasteiger partial charge < -0.3 is 10.4 Å². The zero-order chi connectivity index (χ0) is 14.9. The monoisotopic (exact) mass is 343 g/mol. The molecule has 1 saturated heterocycles. The average Bonchev–Trinajstić information content (AvgIpc) is 2.95. The summed E-state index contributed by atoms with van der Waals surface area (Å²) in [7, 11) is -3.14. The van der Waals surface area contributed by atoms with Crippen LogP contribution in [0.25, 0.3) is 0 Å². The Balaban J connectivity index is 1.66. The van der Waals surface area contributed by atoms with Crippen LogP contribution in [0, 0.1) is 0 Å². The first-order valence-corrected chi connectivity index (χ1v) is 9.74. The molecule has 21 heavy (non-hydrogen) atoms. The lowest BCUT2D eigenvalue weighted by molar-refractivity contribution is 0.207. The lowest BCUT2D eigenvalue weighted by Gasteiger charge is -2.08. The van der Waals surface area contributed by atoms with Crippen LogP contribution in [0.2, 0.25) is 0 Å². The summed E-state index contributed by atoms with van der Waals surface area (Å²) in [6, 6.07) is 9.59. The van der Waals surface area contributed by atoms with Gasteiger partial charge in [0, 0.05) is 5.69 Å². The standard InChI is InChI=1S/C12H13N3O3S3/c16-9-6-21(17,18)7-10(9)19-12-15-14-11(20-12)13-8-4-2-1-3-5-8/h1-5,9-10,16H,6-7H2,(H,13,14)/t9-,10-/m0/s1. The van der Waals surface area contributed by atoms with Crippen molar-refractivity contribution in [2.75, 3.05) is 16.8 Å². The highest BCUT2D eigenvalue weighted by Crippen LogP contribution is 2.34. The summed E-state index contributed by atoms with van der Waals surface area (Å²) >= 11 is 2.61. The number of para-hydroxylation sites is 1. The van der Waals surface area contributed by atoms with Gasteiger partial charge in [-0.2, -0.15) is 0 Å². The molecule has 1 aliphatic rings. The number of aromatic nitrogens is 2. The number of hydrogen-bond acceptors (Lipinski definition) is 8. The fourth-order valence-electron chi connectivity index (χ4n) is 1.99. The molecule has 0 aliphatic carbocycles. The highest BCUT2D eigenvalue weighted by molar-refractivity contribution is 8.03. The second-order valence-electron chi connectivity index (χ2n) is 4.66. The smallest absolute Gasteiger partial charge is 0.210 e. The van der Waals surface area contributed by atoms with Gasteiger partial charge in [-0.1, -0.05) is 41.3 Å². The number of aliphatic hydroxyl groups excluding tert-OH is 1. The Hall–Kier alpha value is -1.16. The molecule has 6 nitrogen and oxygen atoms in total. The van der Waals surface area contributed by atoms with Crippen molar-refractivity contribution < 1.29 is 13.5 Å². The Kier molecular flexibility index (Phi) is 4.16. The second-order valence-corrected chi connectivity index (χ2v) is 9.28. The number of thioether (sulfide) groups is 1. The normalized spacial score (nSPS) is 24.0. The molecule has 1 aliphatic heterocycles. The molecule has 9 heteroatoms. The van der Waals surface area contributed by atoms with Crippen LogP contribution in [-0.2, 0) is 9.84 Å². The van der Waals surface area contributed by atoms with Crippen molar-refractivity contribution in [2.45, 2.75) is 15.7 Å². The Morgan fingerprint density at radius 1 is 1.24 bits per heavy atom. The lowest BCUT2D eigenvalue weighted by atomic mass is 10.3. The van der Waals surface area contributed by atoms with Crippen LogP contribution in [0.3, 0.4) is 0 Å². The molecule has 3 rings (SSSR count). The summed E-state index contributed by atoms with van der Waals surface area (Å²) < 4.78 is 23.6. The predicted molar refractivity (Wildman–Crippen MR) is 83.9 cm³/mol. The predicted octanol–water partition coefficient (Wildman–Crippen LogP) is 1.53. The summed E-state index contributed by atoms with van der Waals surface area (Å²) in [5.74, 6) is -0.182. The van der Waals surface area contributed by atoms with Crippen LogP contribution in [-0.4, -0.2) is 46.6 Å². The van der Waals surface area contributed by atoms with Crippen LogP contribution < -0.4 is 5.32 Å². The summed E-state index contributed by atoms with van der Waals surface area (Å²) in [6.45, 7) is 0. The molecule has 1 aromatic carbocycles. The van der Waals surface area contributed by atoms with Gasteiger partial charge in [0.25, 0.3) is 0 Å². The number of sulfone groups is 1. The molecule has 0 spiro atoms. The van der Waals surface area contributed by atoms with E-state index >= 15 is 0 Å². The maximum Gasteiger partial charge on any atom is 0.210 e. The van der Waals surface area contributed by atoms with Crippen molar-refractivity contribution in [2.24, 2.45) is 0 Å². The zero-order valence-electron chi connectivity index (χ0n) is 10.8. The van der Waals surface area contributed by atoms with Crippen molar-refractivity contribution in [1.82, 2.24) is 10.2 Å². The van der Waals surface area contributed by atoms with E-state index in [1.165, 1.54) is 23.1 Å². The molecule has 0 bridgehead atoms. The first-order chi connectivity index (χ1) is 10.0. The third-order valence-electron chi connectivity index (χ3n) is 2.96. The number of nitrogens with one attached hydrogen (secondary N) is 1. The topological polar surface area (TPSA) is 92.2 Å². The molecular formula is C12H13N3O3S3. The Bertz CT molecular complexity index is 718. The number of hydrogen-bond donors (Lipinski definition) is 2. The van der Waals surface area contributed by atoms with Crippen LogP contribution >= 0.6 is 23.1 Å². The highest BCUT2D eigenvalue weighted by Gasteiger charge is 2.37. The Morgan fingerprint density at radius 3 is 2.67 bits per heavy atom. The molecule has 2 heterocycles. The second kappa shape index (κ2) is 5.91. The van der Waals surface area contributed by atoms with Crippen LogP contribution in [0.4, 0.5) is 10.8 Å².